The standard InChI is InChI=1S/C18H16FN3O2S/c1-10-14-17(21-13-6-3-7-22(13)18(14)24)25-15(10)16(23)20-9-11-4-2-5-12(19)8-11/h2,4-5,8H,3,6-7,9H2,1H3,(H,20,23). The number of nitrogens with zero attached hydrogens (tertiary/aromatic N) is 2. The molecule has 0 spiro atoms. The number of amides is 1. The van der Waals surface area contributed by atoms with Gasteiger partial charge in [-0.3, -0.25) is 14.2 Å². The first-order valence-corrected chi connectivity index (χ1v) is 8.91. The zero-order chi connectivity index (χ0) is 17.6. The summed E-state index contributed by atoms with van der Waals surface area (Å²) in [6.07, 6.45) is 1.72. The lowest BCUT2D eigenvalue weighted by molar-refractivity contribution is 0.0954. The smallest absolute Gasteiger partial charge is 0.262 e. The second-order valence-corrected chi connectivity index (χ2v) is 7.14. The first-order chi connectivity index (χ1) is 12.0. The quantitative estimate of drug-likeness (QED) is 0.784. The summed E-state index contributed by atoms with van der Waals surface area (Å²) in [6, 6.07) is 6.10. The van der Waals surface area contributed by atoms with Crippen LogP contribution in [0, 0.1) is 12.7 Å². The molecule has 7 heteroatoms. The Labute approximate surface area is 147 Å². The average Bonchev–Trinajstić information content (AvgIpc) is 3.18. The van der Waals surface area contributed by atoms with E-state index in [1.807, 2.05) is 0 Å². The van der Waals surface area contributed by atoms with Gasteiger partial charge >= 0.3 is 0 Å². The van der Waals surface area contributed by atoms with E-state index in [1.54, 1.807) is 23.6 Å². The van der Waals surface area contributed by atoms with Crippen LogP contribution in [0.2, 0.25) is 0 Å². The van der Waals surface area contributed by atoms with Crippen LogP contribution in [-0.4, -0.2) is 15.5 Å². The van der Waals surface area contributed by atoms with Gasteiger partial charge in [0.05, 0.1) is 10.3 Å². The van der Waals surface area contributed by atoms with Crippen LogP contribution >= 0.6 is 11.3 Å². The highest BCUT2D eigenvalue weighted by Crippen LogP contribution is 2.28. The Bertz CT molecular complexity index is 1050. The summed E-state index contributed by atoms with van der Waals surface area (Å²) < 4.78 is 14.9. The minimum absolute atomic E-state index is 0.0598. The predicted octanol–water partition coefficient (Wildman–Crippen LogP) is 2.78. The van der Waals surface area contributed by atoms with Crippen LogP contribution in [0.25, 0.3) is 10.2 Å². The number of carbonyl (C=O) groups is 1. The third-order valence-corrected chi connectivity index (χ3v) is 5.64. The average molecular weight is 357 g/mol. The highest BCUT2D eigenvalue weighted by Gasteiger charge is 2.23. The van der Waals surface area contributed by atoms with Crippen LogP contribution in [0.5, 0.6) is 0 Å². The number of thiophene rings is 1. The fourth-order valence-electron chi connectivity index (χ4n) is 3.20. The fraction of sp³-hybridized carbons (Fsp3) is 0.278. The number of aryl methyl sites for hydroxylation is 2. The second-order valence-electron chi connectivity index (χ2n) is 6.14. The molecule has 4 rings (SSSR count). The number of fused-ring (bicyclic) bond motifs is 2. The zero-order valence-electron chi connectivity index (χ0n) is 13.6. The SMILES string of the molecule is Cc1c(C(=O)NCc2cccc(F)c2)sc2nc3n(c(=O)c12)CCC3. The molecule has 3 aromatic rings. The molecule has 0 saturated carbocycles. The van der Waals surface area contributed by atoms with E-state index in [9.17, 15) is 14.0 Å². The van der Waals surface area contributed by atoms with E-state index < -0.39 is 0 Å². The first-order valence-electron chi connectivity index (χ1n) is 8.10. The molecule has 1 aromatic carbocycles. The van der Waals surface area contributed by atoms with Gasteiger partial charge < -0.3 is 5.32 Å². The fourth-order valence-corrected chi connectivity index (χ4v) is 4.31. The molecule has 0 bridgehead atoms. The lowest BCUT2D eigenvalue weighted by Crippen LogP contribution is -2.23. The van der Waals surface area contributed by atoms with Crippen LogP contribution in [0.3, 0.4) is 0 Å². The third-order valence-electron chi connectivity index (χ3n) is 4.46. The number of carbonyl (C=O) groups excluding carboxylic acids is 1. The molecular weight excluding hydrogens is 341 g/mol. The largest absolute Gasteiger partial charge is 0.347 e. The van der Waals surface area contributed by atoms with Gasteiger partial charge in [0.15, 0.2) is 0 Å². The molecule has 2 aromatic heterocycles. The summed E-state index contributed by atoms with van der Waals surface area (Å²) in [5, 5.41) is 3.32. The molecule has 0 unspecified atom stereocenters. The van der Waals surface area contributed by atoms with Crippen LogP contribution in [0.15, 0.2) is 29.1 Å². The minimum atomic E-state index is -0.337. The van der Waals surface area contributed by atoms with Gasteiger partial charge in [0, 0.05) is 19.5 Å². The Morgan fingerprint density at radius 1 is 1.44 bits per heavy atom. The Balaban J connectivity index is 1.65. The molecule has 1 aliphatic rings. The molecule has 25 heavy (non-hydrogen) atoms. The number of halogens is 1. The first kappa shape index (κ1) is 16.0. The molecule has 1 amide bonds. The third kappa shape index (κ3) is 2.74. The lowest BCUT2D eigenvalue weighted by Gasteiger charge is -2.05. The highest BCUT2D eigenvalue weighted by molar-refractivity contribution is 7.20. The van der Waals surface area contributed by atoms with Crippen molar-refractivity contribution in [2.24, 2.45) is 0 Å². The molecule has 0 aliphatic carbocycles. The van der Waals surface area contributed by atoms with Crippen LogP contribution in [0.4, 0.5) is 4.39 Å². The van der Waals surface area contributed by atoms with Crippen molar-refractivity contribution >= 4 is 27.5 Å². The van der Waals surface area contributed by atoms with Crippen molar-refractivity contribution in [1.82, 2.24) is 14.9 Å². The maximum Gasteiger partial charge on any atom is 0.262 e. The van der Waals surface area contributed by atoms with E-state index in [-0.39, 0.29) is 23.8 Å². The molecule has 5 nitrogen and oxygen atoms in total. The summed E-state index contributed by atoms with van der Waals surface area (Å²) in [5.41, 5.74) is 1.29. The maximum absolute atomic E-state index is 13.2. The van der Waals surface area contributed by atoms with Crippen LogP contribution < -0.4 is 10.9 Å². The van der Waals surface area contributed by atoms with Crippen molar-refractivity contribution in [3.05, 3.63) is 62.3 Å². The lowest BCUT2D eigenvalue weighted by atomic mass is 10.2. The van der Waals surface area contributed by atoms with Gasteiger partial charge in [-0.05, 0) is 36.6 Å². The van der Waals surface area contributed by atoms with Gasteiger partial charge in [0.25, 0.3) is 11.5 Å². The van der Waals surface area contributed by atoms with Crippen molar-refractivity contribution < 1.29 is 9.18 Å². The zero-order valence-corrected chi connectivity index (χ0v) is 14.5. The maximum atomic E-state index is 13.2. The van der Waals surface area contributed by atoms with Crippen molar-refractivity contribution in [2.45, 2.75) is 32.9 Å². The number of benzene rings is 1. The van der Waals surface area contributed by atoms with Gasteiger partial charge in [0.2, 0.25) is 0 Å². The molecule has 1 aliphatic heterocycles. The number of nitrogens with one attached hydrogen (secondary N) is 1. The topological polar surface area (TPSA) is 64.0 Å². The van der Waals surface area contributed by atoms with Crippen molar-refractivity contribution in [3.8, 4) is 0 Å². The molecular formula is C18H16FN3O2S. The Morgan fingerprint density at radius 2 is 2.28 bits per heavy atom. The summed E-state index contributed by atoms with van der Waals surface area (Å²) in [7, 11) is 0. The van der Waals surface area contributed by atoms with E-state index in [0.717, 1.165) is 18.7 Å². The summed E-state index contributed by atoms with van der Waals surface area (Å²) >= 11 is 1.24. The summed E-state index contributed by atoms with van der Waals surface area (Å²) in [6.45, 7) is 2.70. The Morgan fingerprint density at radius 3 is 3.08 bits per heavy atom. The predicted molar refractivity (Wildman–Crippen MR) is 94.5 cm³/mol. The molecule has 3 heterocycles. The number of rotatable bonds is 3. The summed E-state index contributed by atoms with van der Waals surface area (Å²) in [4.78, 5) is 30.8. The van der Waals surface area contributed by atoms with Gasteiger partial charge in [-0.25, -0.2) is 9.37 Å². The molecule has 0 radical (unpaired) electrons. The van der Waals surface area contributed by atoms with E-state index in [1.165, 1.54) is 23.5 Å². The van der Waals surface area contributed by atoms with E-state index in [4.69, 9.17) is 0 Å². The molecule has 0 saturated heterocycles. The van der Waals surface area contributed by atoms with Gasteiger partial charge in [-0.1, -0.05) is 12.1 Å². The van der Waals surface area contributed by atoms with Crippen molar-refractivity contribution in [3.63, 3.8) is 0 Å². The molecule has 0 fully saturated rings. The van der Waals surface area contributed by atoms with Gasteiger partial charge in [-0.2, -0.15) is 0 Å². The molecule has 0 atom stereocenters. The Kier molecular flexibility index (Phi) is 3.88. The van der Waals surface area contributed by atoms with Crippen molar-refractivity contribution in [2.75, 3.05) is 0 Å². The summed E-state index contributed by atoms with van der Waals surface area (Å²) in [5.74, 6) is 0.191. The van der Waals surface area contributed by atoms with Gasteiger partial charge in [-0.15, -0.1) is 11.3 Å². The normalized spacial score (nSPS) is 13.2. The van der Waals surface area contributed by atoms with Crippen LogP contribution in [0.1, 0.15) is 33.0 Å². The number of aromatic nitrogens is 2. The molecule has 1 N–H and O–H groups in total. The minimum Gasteiger partial charge on any atom is -0.347 e. The van der Waals surface area contributed by atoms with Gasteiger partial charge in [0.1, 0.15) is 16.5 Å². The van der Waals surface area contributed by atoms with Crippen molar-refractivity contribution in [1.29, 1.82) is 0 Å². The Hall–Kier alpha value is -2.54. The number of hydrogen-bond acceptors (Lipinski definition) is 4. The monoisotopic (exact) mass is 357 g/mol. The molecule has 128 valence electrons. The number of hydrogen-bond donors (Lipinski definition) is 1. The van der Waals surface area contributed by atoms with Crippen LogP contribution in [-0.2, 0) is 19.5 Å². The van der Waals surface area contributed by atoms with E-state index in [0.29, 0.717) is 32.8 Å². The second kappa shape index (κ2) is 6.07. The van der Waals surface area contributed by atoms with E-state index >= 15 is 0 Å². The highest BCUT2D eigenvalue weighted by atomic mass is 32.1. The van der Waals surface area contributed by atoms with E-state index in [2.05, 4.69) is 10.3 Å².